The molecule has 3 nitrogen and oxygen atoms in total. The van der Waals surface area contributed by atoms with Crippen molar-refractivity contribution in [1.82, 2.24) is 9.80 Å². The molecule has 2 rings (SSSR count). The van der Waals surface area contributed by atoms with E-state index in [9.17, 15) is 4.79 Å². The predicted octanol–water partition coefficient (Wildman–Crippen LogP) is 3.59. The minimum absolute atomic E-state index is 0.187. The lowest BCUT2D eigenvalue weighted by Crippen LogP contribution is -2.44. The van der Waals surface area contributed by atoms with Gasteiger partial charge >= 0.3 is 0 Å². The summed E-state index contributed by atoms with van der Waals surface area (Å²) in [6, 6.07) is 4.27. The molecule has 1 aromatic heterocycles. The standard InChI is InChI=1S/C15H23BrN2OS/c1-3-18(4-2)15(19)12-6-5-9-17(10-12)11-13-7-8-14(16)20-13/h7-8,12H,3-6,9-11H2,1-2H3. The summed E-state index contributed by atoms with van der Waals surface area (Å²) >= 11 is 5.29. The van der Waals surface area contributed by atoms with Crippen molar-refractivity contribution in [3.63, 3.8) is 0 Å². The molecule has 2 heterocycles. The van der Waals surface area contributed by atoms with Crippen molar-refractivity contribution in [2.45, 2.75) is 33.2 Å². The number of hydrogen-bond acceptors (Lipinski definition) is 3. The summed E-state index contributed by atoms with van der Waals surface area (Å²) in [5, 5.41) is 0. The molecule has 1 aromatic rings. The first kappa shape index (κ1) is 16.0. The first-order valence-corrected chi connectivity index (χ1v) is 9.00. The number of carbonyl (C=O) groups is 1. The number of hydrogen-bond donors (Lipinski definition) is 0. The average Bonchev–Trinajstić information content (AvgIpc) is 2.85. The fraction of sp³-hybridized carbons (Fsp3) is 0.667. The van der Waals surface area contributed by atoms with Crippen LogP contribution in [0.4, 0.5) is 0 Å². The van der Waals surface area contributed by atoms with Crippen LogP contribution >= 0.6 is 27.3 Å². The Kier molecular flexibility index (Phi) is 6.05. The maximum Gasteiger partial charge on any atom is 0.226 e. The second-order valence-electron chi connectivity index (χ2n) is 5.29. The number of amides is 1. The van der Waals surface area contributed by atoms with Crippen LogP contribution in [0.3, 0.4) is 0 Å². The highest BCUT2D eigenvalue weighted by atomic mass is 79.9. The van der Waals surface area contributed by atoms with E-state index in [0.29, 0.717) is 5.91 Å². The lowest BCUT2D eigenvalue weighted by molar-refractivity contribution is -0.137. The minimum atomic E-state index is 0.187. The maximum atomic E-state index is 12.5. The summed E-state index contributed by atoms with van der Waals surface area (Å²) in [6.45, 7) is 8.75. The monoisotopic (exact) mass is 358 g/mol. The summed E-state index contributed by atoms with van der Waals surface area (Å²) < 4.78 is 1.18. The number of halogens is 1. The van der Waals surface area contributed by atoms with Gasteiger partial charge in [0.2, 0.25) is 5.91 Å². The fourth-order valence-corrected chi connectivity index (χ4v) is 4.38. The van der Waals surface area contributed by atoms with Crippen LogP contribution in [0.5, 0.6) is 0 Å². The molecule has 0 aliphatic carbocycles. The van der Waals surface area contributed by atoms with Gasteiger partial charge in [-0.1, -0.05) is 0 Å². The van der Waals surface area contributed by atoms with Crippen LogP contribution < -0.4 is 0 Å². The normalized spacial score (nSPS) is 20.1. The van der Waals surface area contributed by atoms with Gasteiger partial charge in [0.25, 0.3) is 0 Å². The van der Waals surface area contributed by atoms with E-state index in [1.807, 2.05) is 4.90 Å². The first-order valence-electron chi connectivity index (χ1n) is 7.39. The van der Waals surface area contributed by atoms with Crippen LogP contribution in [0.2, 0.25) is 0 Å². The molecule has 0 aromatic carbocycles. The lowest BCUT2D eigenvalue weighted by atomic mass is 9.96. The summed E-state index contributed by atoms with van der Waals surface area (Å²) in [5.74, 6) is 0.527. The van der Waals surface area contributed by atoms with Crippen molar-refractivity contribution in [3.05, 3.63) is 20.8 Å². The van der Waals surface area contributed by atoms with Crippen molar-refractivity contribution >= 4 is 33.2 Å². The van der Waals surface area contributed by atoms with E-state index >= 15 is 0 Å². The van der Waals surface area contributed by atoms with Gasteiger partial charge in [-0.05, 0) is 61.3 Å². The summed E-state index contributed by atoms with van der Waals surface area (Å²) in [6.07, 6.45) is 2.17. The van der Waals surface area contributed by atoms with E-state index in [1.54, 1.807) is 11.3 Å². The Balaban J connectivity index is 1.92. The zero-order chi connectivity index (χ0) is 14.5. The van der Waals surface area contributed by atoms with Crippen LogP contribution in [0.1, 0.15) is 31.6 Å². The van der Waals surface area contributed by atoms with Crippen molar-refractivity contribution in [3.8, 4) is 0 Å². The highest BCUT2D eigenvalue weighted by molar-refractivity contribution is 9.11. The highest BCUT2D eigenvalue weighted by Crippen LogP contribution is 2.26. The molecule has 1 saturated heterocycles. The molecule has 0 bridgehead atoms. The molecule has 1 atom stereocenters. The smallest absolute Gasteiger partial charge is 0.226 e. The number of nitrogens with zero attached hydrogens (tertiary/aromatic N) is 2. The Labute approximate surface area is 134 Å². The predicted molar refractivity (Wildman–Crippen MR) is 87.9 cm³/mol. The van der Waals surface area contributed by atoms with Gasteiger partial charge in [0.05, 0.1) is 9.70 Å². The molecule has 0 spiro atoms. The van der Waals surface area contributed by atoms with Gasteiger partial charge in [-0.3, -0.25) is 9.69 Å². The van der Waals surface area contributed by atoms with Gasteiger partial charge in [0.1, 0.15) is 0 Å². The van der Waals surface area contributed by atoms with Crippen LogP contribution in [-0.2, 0) is 11.3 Å². The van der Waals surface area contributed by atoms with Crippen LogP contribution in [0.15, 0.2) is 15.9 Å². The van der Waals surface area contributed by atoms with Gasteiger partial charge in [0, 0.05) is 31.1 Å². The number of rotatable bonds is 5. The molecule has 1 unspecified atom stereocenters. The molecule has 1 amide bonds. The number of thiophene rings is 1. The zero-order valence-electron chi connectivity index (χ0n) is 12.3. The fourth-order valence-electron chi connectivity index (χ4n) is 2.85. The molecule has 1 aliphatic rings. The van der Waals surface area contributed by atoms with Gasteiger partial charge in [-0.25, -0.2) is 0 Å². The summed E-state index contributed by atoms with van der Waals surface area (Å²) in [5.41, 5.74) is 0. The minimum Gasteiger partial charge on any atom is -0.343 e. The third-order valence-corrected chi connectivity index (χ3v) is 5.55. The van der Waals surface area contributed by atoms with Gasteiger partial charge in [-0.2, -0.15) is 0 Å². The third-order valence-electron chi connectivity index (χ3n) is 3.94. The molecule has 5 heteroatoms. The van der Waals surface area contributed by atoms with Crippen LogP contribution in [0, 0.1) is 5.92 Å². The number of likely N-dealkylation sites (tertiary alicyclic amines) is 1. The van der Waals surface area contributed by atoms with E-state index in [-0.39, 0.29) is 5.92 Å². The molecule has 0 saturated carbocycles. The average molecular weight is 359 g/mol. The Bertz CT molecular complexity index is 445. The maximum absolute atomic E-state index is 12.5. The van der Waals surface area contributed by atoms with Crippen LogP contribution in [0.25, 0.3) is 0 Å². The first-order chi connectivity index (χ1) is 9.63. The Morgan fingerprint density at radius 3 is 2.80 bits per heavy atom. The zero-order valence-corrected chi connectivity index (χ0v) is 14.7. The Hall–Kier alpha value is -0.390. The second-order valence-corrected chi connectivity index (χ2v) is 7.84. The van der Waals surface area contributed by atoms with E-state index in [0.717, 1.165) is 45.6 Å². The van der Waals surface area contributed by atoms with E-state index < -0.39 is 0 Å². The topological polar surface area (TPSA) is 23.6 Å². The second kappa shape index (κ2) is 7.57. The van der Waals surface area contributed by atoms with Crippen molar-refractivity contribution < 1.29 is 4.79 Å². The van der Waals surface area contributed by atoms with Crippen molar-refractivity contribution in [2.75, 3.05) is 26.2 Å². The highest BCUT2D eigenvalue weighted by Gasteiger charge is 2.28. The number of piperidine rings is 1. The quantitative estimate of drug-likeness (QED) is 0.802. The van der Waals surface area contributed by atoms with E-state index in [1.165, 1.54) is 8.66 Å². The SMILES string of the molecule is CCN(CC)C(=O)C1CCCN(Cc2ccc(Br)s2)C1. The van der Waals surface area contributed by atoms with Gasteiger partial charge in [-0.15, -0.1) is 11.3 Å². The van der Waals surface area contributed by atoms with Crippen molar-refractivity contribution in [2.24, 2.45) is 5.92 Å². The summed E-state index contributed by atoms with van der Waals surface area (Å²) in [4.78, 5) is 18.2. The largest absolute Gasteiger partial charge is 0.343 e. The molecule has 1 aliphatic heterocycles. The molecular weight excluding hydrogens is 336 g/mol. The van der Waals surface area contributed by atoms with Gasteiger partial charge in [0.15, 0.2) is 0 Å². The van der Waals surface area contributed by atoms with Gasteiger partial charge < -0.3 is 4.90 Å². The summed E-state index contributed by atoms with van der Waals surface area (Å²) in [7, 11) is 0. The Morgan fingerprint density at radius 1 is 1.45 bits per heavy atom. The molecule has 0 radical (unpaired) electrons. The van der Waals surface area contributed by atoms with E-state index in [2.05, 4.69) is 46.8 Å². The molecule has 20 heavy (non-hydrogen) atoms. The van der Waals surface area contributed by atoms with Crippen molar-refractivity contribution in [1.29, 1.82) is 0 Å². The third kappa shape index (κ3) is 4.06. The number of carbonyl (C=O) groups excluding carboxylic acids is 1. The van der Waals surface area contributed by atoms with Crippen LogP contribution in [-0.4, -0.2) is 41.9 Å². The van der Waals surface area contributed by atoms with E-state index in [4.69, 9.17) is 0 Å². The molecular formula is C15H23BrN2OS. The molecule has 0 N–H and O–H groups in total. The molecule has 112 valence electrons. The Morgan fingerprint density at radius 2 is 2.20 bits per heavy atom. The lowest BCUT2D eigenvalue weighted by Gasteiger charge is -2.34. The molecule has 1 fully saturated rings.